The van der Waals surface area contributed by atoms with Crippen LogP contribution in [0.25, 0.3) is 0 Å². The van der Waals surface area contributed by atoms with Gasteiger partial charge in [-0.2, -0.15) is 0 Å². The van der Waals surface area contributed by atoms with Gasteiger partial charge in [0.1, 0.15) is 5.84 Å². The lowest BCUT2D eigenvalue weighted by Crippen LogP contribution is -2.44. The van der Waals surface area contributed by atoms with Gasteiger partial charge in [-0.25, -0.2) is 4.79 Å². The Morgan fingerprint density at radius 3 is 2.76 bits per heavy atom. The molecular formula is C19H24N6O4. The van der Waals surface area contributed by atoms with Crippen LogP contribution in [0.4, 0.5) is 4.79 Å². The fourth-order valence-corrected chi connectivity index (χ4v) is 2.70. The summed E-state index contributed by atoms with van der Waals surface area (Å²) in [5.74, 6) is -1.42. The molecule has 0 radical (unpaired) electrons. The number of hydrogen-bond donors (Lipinski definition) is 6. The Labute approximate surface area is 167 Å². The highest BCUT2D eigenvalue weighted by molar-refractivity contribution is 5.97. The molecule has 2 rings (SSSR count). The first-order valence-corrected chi connectivity index (χ1v) is 9.03. The van der Waals surface area contributed by atoms with Gasteiger partial charge in [0, 0.05) is 24.5 Å². The smallest absolute Gasteiger partial charge is 0.315 e. The molecule has 2 unspecified atom stereocenters. The van der Waals surface area contributed by atoms with Crippen molar-refractivity contribution in [3.63, 3.8) is 0 Å². The zero-order valence-corrected chi connectivity index (χ0v) is 15.7. The van der Waals surface area contributed by atoms with Crippen molar-refractivity contribution in [3.05, 3.63) is 53.9 Å². The molecule has 29 heavy (non-hydrogen) atoms. The Balaban J connectivity index is 1.94. The van der Waals surface area contributed by atoms with Crippen LogP contribution >= 0.6 is 0 Å². The van der Waals surface area contributed by atoms with Crippen LogP contribution in [0.15, 0.2) is 48.3 Å². The van der Waals surface area contributed by atoms with E-state index in [-0.39, 0.29) is 37.2 Å². The van der Waals surface area contributed by atoms with E-state index in [2.05, 4.69) is 20.9 Å². The summed E-state index contributed by atoms with van der Waals surface area (Å²) >= 11 is 0. The van der Waals surface area contributed by atoms with Crippen molar-refractivity contribution in [3.8, 4) is 0 Å². The Bertz CT molecular complexity index is 821. The predicted molar refractivity (Wildman–Crippen MR) is 106 cm³/mol. The first kappa shape index (κ1) is 21.6. The molecule has 1 aliphatic rings. The minimum Gasteiger partial charge on any atom is -0.481 e. The van der Waals surface area contributed by atoms with E-state index in [4.69, 9.17) is 16.2 Å². The summed E-state index contributed by atoms with van der Waals surface area (Å²) in [5.41, 5.74) is 6.68. The van der Waals surface area contributed by atoms with Crippen LogP contribution < -0.4 is 21.7 Å². The number of rotatable bonds is 9. The summed E-state index contributed by atoms with van der Waals surface area (Å²) < 4.78 is 0. The maximum atomic E-state index is 12.4. The second kappa shape index (κ2) is 10.6. The molecule has 1 aromatic heterocycles. The number of amides is 3. The SMILES string of the molecule is N=C(N)C1=CCC(NC(=O)NC(CC(=O)NCCC(=O)O)c2cccnc2)C=C1. The quantitative estimate of drug-likeness (QED) is 0.262. The Kier molecular flexibility index (Phi) is 7.89. The lowest BCUT2D eigenvalue weighted by atomic mass is 10.0. The number of nitrogens with zero attached hydrogens (tertiary/aromatic N) is 1. The number of aromatic nitrogens is 1. The average molecular weight is 400 g/mol. The van der Waals surface area contributed by atoms with Crippen molar-refractivity contribution < 1.29 is 19.5 Å². The van der Waals surface area contributed by atoms with E-state index in [0.717, 1.165) is 0 Å². The molecule has 0 spiro atoms. The number of carboxylic acid groups (broad SMARTS) is 1. The lowest BCUT2D eigenvalue weighted by molar-refractivity contribution is -0.136. The maximum Gasteiger partial charge on any atom is 0.315 e. The van der Waals surface area contributed by atoms with Gasteiger partial charge in [-0.05, 0) is 18.1 Å². The third-order valence-corrected chi connectivity index (χ3v) is 4.17. The molecule has 0 bridgehead atoms. The predicted octanol–water partition coefficient (Wildman–Crippen LogP) is 0.594. The molecule has 0 aliphatic heterocycles. The third-order valence-electron chi connectivity index (χ3n) is 4.17. The number of nitrogens with one attached hydrogen (secondary N) is 4. The van der Waals surface area contributed by atoms with Crippen LogP contribution in [-0.2, 0) is 9.59 Å². The van der Waals surface area contributed by atoms with Gasteiger partial charge in [-0.15, -0.1) is 0 Å². The van der Waals surface area contributed by atoms with E-state index in [1.807, 2.05) is 0 Å². The van der Waals surface area contributed by atoms with Crippen LogP contribution in [0.5, 0.6) is 0 Å². The molecule has 7 N–H and O–H groups in total. The van der Waals surface area contributed by atoms with E-state index in [1.54, 1.807) is 42.8 Å². The summed E-state index contributed by atoms with van der Waals surface area (Å²) in [4.78, 5) is 39.1. The van der Waals surface area contributed by atoms with Crippen LogP contribution in [0.3, 0.4) is 0 Å². The van der Waals surface area contributed by atoms with Gasteiger partial charge < -0.3 is 26.8 Å². The Morgan fingerprint density at radius 2 is 2.17 bits per heavy atom. The molecule has 0 fully saturated rings. The Morgan fingerprint density at radius 1 is 1.38 bits per heavy atom. The van der Waals surface area contributed by atoms with Gasteiger partial charge in [-0.3, -0.25) is 20.0 Å². The van der Waals surface area contributed by atoms with Crippen molar-refractivity contribution in [1.29, 1.82) is 5.41 Å². The molecule has 10 nitrogen and oxygen atoms in total. The van der Waals surface area contributed by atoms with Crippen LogP contribution in [0, 0.1) is 5.41 Å². The van der Waals surface area contributed by atoms with Gasteiger partial charge in [0.05, 0.1) is 24.9 Å². The number of hydrogen-bond acceptors (Lipinski definition) is 5. The van der Waals surface area contributed by atoms with E-state index >= 15 is 0 Å². The van der Waals surface area contributed by atoms with Crippen LogP contribution in [-0.4, -0.2) is 46.4 Å². The van der Waals surface area contributed by atoms with Gasteiger partial charge in [0.2, 0.25) is 5.91 Å². The standard InChI is InChI=1S/C19H24N6O4/c20-18(21)12-3-5-14(6-4-12)24-19(29)25-15(13-2-1-8-22-11-13)10-16(26)23-9-7-17(27)28/h1-5,8,11,14-15H,6-7,9-10H2,(H3,20,21)(H,23,26)(H,27,28)(H2,24,25,29). The van der Waals surface area contributed by atoms with Crippen LogP contribution in [0.1, 0.15) is 30.9 Å². The number of carbonyl (C=O) groups excluding carboxylic acids is 2. The highest BCUT2D eigenvalue weighted by Gasteiger charge is 2.20. The number of nitrogens with two attached hydrogens (primary N) is 1. The molecule has 154 valence electrons. The number of pyridine rings is 1. The van der Waals surface area contributed by atoms with Crippen LogP contribution in [0.2, 0.25) is 0 Å². The summed E-state index contributed by atoms with van der Waals surface area (Å²) in [6.07, 6.45) is 8.57. The first-order chi connectivity index (χ1) is 13.8. The van der Waals surface area contributed by atoms with E-state index in [1.165, 1.54) is 0 Å². The molecule has 0 saturated heterocycles. The molecule has 0 saturated carbocycles. The topological polar surface area (TPSA) is 170 Å². The number of carboxylic acids is 1. The van der Waals surface area contributed by atoms with Gasteiger partial charge in [0.15, 0.2) is 0 Å². The molecule has 2 atom stereocenters. The van der Waals surface area contributed by atoms with Gasteiger partial charge in [0.25, 0.3) is 0 Å². The number of carbonyl (C=O) groups is 3. The highest BCUT2D eigenvalue weighted by Crippen LogP contribution is 2.16. The summed E-state index contributed by atoms with van der Waals surface area (Å²) in [6.45, 7) is 0.0117. The second-order valence-electron chi connectivity index (χ2n) is 6.43. The number of urea groups is 1. The minimum absolute atomic E-state index is 0.0117. The lowest BCUT2D eigenvalue weighted by Gasteiger charge is -2.22. The minimum atomic E-state index is -1.01. The number of amidine groups is 1. The van der Waals surface area contributed by atoms with Gasteiger partial charge >= 0.3 is 12.0 Å². The van der Waals surface area contributed by atoms with Crippen molar-refractivity contribution >= 4 is 23.7 Å². The average Bonchev–Trinajstić information content (AvgIpc) is 2.68. The molecule has 1 aromatic rings. The summed E-state index contributed by atoms with van der Waals surface area (Å²) in [5, 5.41) is 24.1. The monoisotopic (exact) mass is 400 g/mol. The second-order valence-corrected chi connectivity index (χ2v) is 6.43. The summed E-state index contributed by atoms with van der Waals surface area (Å²) in [7, 11) is 0. The van der Waals surface area contributed by atoms with E-state index in [0.29, 0.717) is 17.6 Å². The maximum absolute atomic E-state index is 12.4. The van der Waals surface area contributed by atoms with E-state index < -0.39 is 18.0 Å². The van der Waals surface area contributed by atoms with Gasteiger partial charge in [-0.1, -0.05) is 24.3 Å². The third kappa shape index (κ3) is 7.45. The molecule has 3 amide bonds. The first-order valence-electron chi connectivity index (χ1n) is 9.03. The molecule has 1 aliphatic carbocycles. The van der Waals surface area contributed by atoms with Crippen molar-refractivity contribution in [1.82, 2.24) is 20.9 Å². The number of aliphatic carboxylic acids is 1. The molecule has 0 aromatic carbocycles. The molecule has 1 heterocycles. The fourth-order valence-electron chi connectivity index (χ4n) is 2.70. The Hall–Kier alpha value is -3.69. The molecular weight excluding hydrogens is 376 g/mol. The normalized spacial score (nSPS) is 16.3. The summed E-state index contributed by atoms with van der Waals surface area (Å²) in [6, 6.07) is 2.07. The zero-order valence-electron chi connectivity index (χ0n) is 15.7. The van der Waals surface area contributed by atoms with Crippen molar-refractivity contribution in [2.45, 2.75) is 31.3 Å². The van der Waals surface area contributed by atoms with Crippen molar-refractivity contribution in [2.75, 3.05) is 6.54 Å². The fraction of sp³-hybridized carbons (Fsp3) is 0.316. The zero-order chi connectivity index (χ0) is 21.2. The van der Waals surface area contributed by atoms with Crippen molar-refractivity contribution in [2.24, 2.45) is 5.73 Å². The highest BCUT2D eigenvalue weighted by atomic mass is 16.4. The molecule has 10 heteroatoms. The van der Waals surface area contributed by atoms with E-state index in [9.17, 15) is 14.4 Å². The largest absolute Gasteiger partial charge is 0.481 e.